The molecule has 1 heterocycles. The van der Waals surface area contributed by atoms with Crippen molar-refractivity contribution in [2.75, 3.05) is 0 Å². The van der Waals surface area contributed by atoms with Gasteiger partial charge in [-0.3, -0.25) is 0 Å². The molecule has 0 saturated carbocycles. The first-order valence-corrected chi connectivity index (χ1v) is 4.89. The van der Waals surface area contributed by atoms with Crippen molar-refractivity contribution < 1.29 is 13.5 Å². The Hall–Kier alpha value is -1.29. The van der Waals surface area contributed by atoms with Crippen LogP contribution in [0.15, 0.2) is 34.6 Å². The molecule has 0 atom stereocenters. The normalized spacial score (nSPS) is 18.5. The molecule has 0 fully saturated rings. The molecule has 62 valence electrons. The molecule has 12 heavy (non-hydrogen) atoms. The fourth-order valence-electron chi connectivity index (χ4n) is 1.19. The van der Waals surface area contributed by atoms with Crippen LogP contribution in [-0.4, -0.2) is 8.42 Å². The molecule has 1 aliphatic heterocycles. The van der Waals surface area contributed by atoms with Gasteiger partial charge in [0, 0.05) is 5.41 Å². The summed E-state index contributed by atoms with van der Waals surface area (Å²) in [5.41, 5.74) is 0.275. The number of rotatable bonds is 0. The predicted molar refractivity (Wildman–Crippen MR) is 41.6 cm³/mol. The highest BCUT2D eigenvalue weighted by atomic mass is 32.2. The first-order chi connectivity index (χ1) is 5.61. The summed E-state index contributed by atoms with van der Waals surface area (Å²) in [5, 5.41) is 11.8. The number of fused-ring (bicyclic) bond motifs is 1. The Morgan fingerprint density at radius 2 is 1.83 bits per heavy atom. The van der Waals surface area contributed by atoms with Gasteiger partial charge in [-0.2, -0.15) is 0 Å². The van der Waals surface area contributed by atoms with Crippen molar-refractivity contribution in [1.82, 2.24) is 0 Å². The Kier molecular flexibility index (Phi) is 1.29. The van der Waals surface area contributed by atoms with Gasteiger partial charge in [0.25, 0.3) is 0 Å². The highest BCUT2D eigenvalue weighted by molar-refractivity contribution is 7.94. The number of benzene rings is 1. The van der Waals surface area contributed by atoms with Crippen LogP contribution >= 0.6 is 0 Å². The van der Waals surface area contributed by atoms with E-state index in [2.05, 4.69) is 0 Å². The van der Waals surface area contributed by atoms with Crippen LogP contribution in [0.4, 0.5) is 0 Å². The summed E-state index contributed by atoms with van der Waals surface area (Å²) >= 11 is 0. The molecule has 1 aliphatic rings. The van der Waals surface area contributed by atoms with Crippen molar-refractivity contribution in [2.24, 2.45) is 0 Å². The van der Waals surface area contributed by atoms with E-state index in [0.29, 0.717) is 0 Å². The average Bonchev–Trinajstić information content (AvgIpc) is 2.25. The largest absolute Gasteiger partial charge is 0.872 e. The van der Waals surface area contributed by atoms with Crippen LogP contribution in [0.3, 0.4) is 0 Å². The Labute approximate surface area is 69.9 Å². The third kappa shape index (κ3) is 0.848. The predicted octanol–water partition coefficient (Wildman–Crippen LogP) is 0.133. The molecule has 0 saturated heterocycles. The number of hydrogen-bond acceptors (Lipinski definition) is 3. The SMILES string of the molecule is O=S1(=O)C=C([O-])c2ccccc21. The first kappa shape index (κ1) is 7.36. The van der Waals surface area contributed by atoms with Crippen molar-refractivity contribution in [3.63, 3.8) is 0 Å². The molecule has 3 nitrogen and oxygen atoms in total. The van der Waals surface area contributed by atoms with Gasteiger partial charge in [0.2, 0.25) is 0 Å². The molecule has 0 radical (unpaired) electrons. The fraction of sp³-hybridized carbons (Fsp3) is 0. The molecule has 0 amide bonds. The summed E-state index contributed by atoms with van der Waals surface area (Å²) in [6, 6.07) is 6.19. The fourth-order valence-corrected chi connectivity index (χ4v) is 2.47. The van der Waals surface area contributed by atoms with Crippen molar-refractivity contribution >= 4 is 15.6 Å². The van der Waals surface area contributed by atoms with E-state index < -0.39 is 15.6 Å². The van der Waals surface area contributed by atoms with Gasteiger partial charge in [0.15, 0.2) is 9.84 Å². The number of hydrogen-bond donors (Lipinski definition) is 0. The summed E-state index contributed by atoms with van der Waals surface area (Å²) in [7, 11) is -3.43. The maximum atomic E-state index is 11.2. The summed E-state index contributed by atoms with van der Waals surface area (Å²) in [5.74, 6) is -0.425. The summed E-state index contributed by atoms with van der Waals surface area (Å²) in [4.78, 5) is 0.120. The van der Waals surface area contributed by atoms with Crippen LogP contribution in [-0.2, 0) is 9.84 Å². The molecular formula is C8H5O3S-. The van der Waals surface area contributed by atoms with E-state index in [4.69, 9.17) is 0 Å². The van der Waals surface area contributed by atoms with E-state index in [9.17, 15) is 13.5 Å². The van der Waals surface area contributed by atoms with E-state index in [-0.39, 0.29) is 10.5 Å². The summed E-state index contributed by atoms with van der Waals surface area (Å²) in [6.45, 7) is 0. The van der Waals surface area contributed by atoms with Crippen LogP contribution in [0, 0.1) is 0 Å². The Bertz CT molecular complexity index is 457. The zero-order valence-electron chi connectivity index (χ0n) is 6.02. The lowest BCUT2D eigenvalue weighted by molar-refractivity contribution is -0.243. The Balaban J connectivity index is 2.86. The molecule has 2 rings (SSSR count). The minimum absolute atomic E-state index is 0.120. The second-order valence-electron chi connectivity index (χ2n) is 2.52. The van der Waals surface area contributed by atoms with Crippen molar-refractivity contribution in [2.45, 2.75) is 4.90 Å². The van der Waals surface area contributed by atoms with Crippen LogP contribution in [0.1, 0.15) is 5.56 Å². The molecule has 0 spiro atoms. The van der Waals surface area contributed by atoms with Crippen LogP contribution < -0.4 is 5.11 Å². The third-order valence-electron chi connectivity index (χ3n) is 1.72. The average molecular weight is 181 g/mol. The molecule has 0 aliphatic carbocycles. The zero-order valence-corrected chi connectivity index (χ0v) is 6.84. The molecule has 0 N–H and O–H groups in total. The van der Waals surface area contributed by atoms with E-state index in [1.54, 1.807) is 12.1 Å². The summed E-state index contributed by atoms with van der Waals surface area (Å²) in [6.07, 6.45) is 0. The van der Waals surface area contributed by atoms with E-state index >= 15 is 0 Å². The van der Waals surface area contributed by atoms with Gasteiger partial charge < -0.3 is 5.11 Å². The van der Waals surface area contributed by atoms with Crippen molar-refractivity contribution in [1.29, 1.82) is 0 Å². The highest BCUT2D eigenvalue weighted by Gasteiger charge is 2.20. The molecule has 1 aromatic rings. The molecule has 0 aromatic heterocycles. The molecule has 1 aromatic carbocycles. The third-order valence-corrected chi connectivity index (χ3v) is 3.21. The first-order valence-electron chi connectivity index (χ1n) is 3.34. The Morgan fingerprint density at radius 3 is 2.50 bits per heavy atom. The minimum atomic E-state index is -3.43. The lowest BCUT2D eigenvalue weighted by Gasteiger charge is -2.05. The van der Waals surface area contributed by atoms with Gasteiger partial charge in [-0.1, -0.05) is 24.0 Å². The van der Waals surface area contributed by atoms with Crippen LogP contribution in [0.25, 0.3) is 5.76 Å². The minimum Gasteiger partial charge on any atom is -0.872 e. The Morgan fingerprint density at radius 1 is 1.17 bits per heavy atom. The van der Waals surface area contributed by atoms with Gasteiger partial charge in [-0.25, -0.2) is 8.42 Å². The van der Waals surface area contributed by atoms with Crippen molar-refractivity contribution in [3.8, 4) is 0 Å². The highest BCUT2D eigenvalue weighted by Crippen LogP contribution is 2.29. The maximum Gasteiger partial charge on any atom is 0.199 e. The van der Waals surface area contributed by atoms with E-state index in [1.165, 1.54) is 12.1 Å². The van der Waals surface area contributed by atoms with Gasteiger partial charge >= 0.3 is 0 Å². The van der Waals surface area contributed by atoms with E-state index in [1.807, 2.05) is 0 Å². The van der Waals surface area contributed by atoms with Gasteiger partial charge in [0.05, 0.1) is 4.90 Å². The lowest BCUT2D eigenvalue weighted by atomic mass is 10.2. The zero-order chi connectivity index (χ0) is 8.77. The number of sulfone groups is 1. The molecule has 0 bridgehead atoms. The quantitative estimate of drug-likeness (QED) is 0.571. The van der Waals surface area contributed by atoms with E-state index in [0.717, 1.165) is 5.41 Å². The molecule has 0 unspecified atom stereocenters. The smallest absolute Gasteiger partial charge is 0.199 e. The van der Waals surface area contributed by atoms with Gasteiger partial charge in [-0.15, -0.1) is 0 Å². The second-order valence-corrected chi connectivity index (χ2v) is 4.29. The van der Waals surface area contributed by atoms with Crippen molar-refractivity contribution in [3.05, 3.63) is 35.2 Å². The standard InChI is InChI=1S/C8H6O3S/c9-7-5-12(10,11)8-4-2-1-3-6(7)8/h1-5,9H/p-1. The molecule has 4 heteroatoms. The molecular weight excluding hydrogens is 176 g/mol. The van der Waals surface area contributed by atoms with Crippen LogP contribution in [0.2, 0.25) is 0 Å². The topological polar surface area (TPSA) is 57.2 Å². The summed E-state index contributed by atoms with van der Waals surface area (Å²) < 4.78 is 22.4. The second kappa shape index (κ2) is 2.10. The van der Waals surface area contributed by atoms with Crippen LogP contribution in [0.5, 0.6) is 0 Å². The monoisotopic (exact) mass is 181 g/mol. The van der Waals surface area contributed by atoms with Gasteiger partial charge in [-0.05, 0) is 11.6 Å². The van der Waals surface area contributed by atoms with Gasteiger partial charge in [0.1, 0.15) is 0 Å². The maximum absolute atomic E-state index is 11.2. The lowest BCUT2D eigenvalue weighted by Crippen LogP contribution is -1.98.